The van der Waals surface area contributed by atoms with Crippen LogP contribution in [0.2, 0.25) is 0 Å². The molecule has 0 bridgehead atoms. The lowest BCUT2D eigenvalue weighted by Gasteiger charge is -2.35. The molecule has 0 aliphatic carbocycles. The van der Waals surface area contributed by atoms with Crippen LogP contribution in [-0.2, 0) is 9.53 Å². The Morgan fingerprint density at radius 2 is 2.29 bits per heavy atom. The molecule has 4 nitrogen and oxygen atoms in total. The van der Waals surface area contributed by atoms with Gasteiger partial charge in [0.05, 0.1) is 5.60 Å². The van der Waals surface area contributed by atoms with Crippen LogP contribution in [0.25, 0.3) is 0 Å². The van der Waals surface area contributed by atoms with Gasteiger partial charge in [-0.05, 0) is 33.1 Å². The summed E-state index contributed by atoms with van der Waals surface area (Å²) < 4.78 is 5.62. The highest BCUT2D eigenvalue weighted by Crippen LogP contribution is 2.23. The summed E-state index contributed by atoms with van der Waals surface area (Å²) in [6, 6.07) is 0.230. The number of nitrogens with one attached hydrogen (secondary N) is 1. The first-order chi connectivity index (χ1) is 7.93. The van der Waals surface area contributed by atoms with E-state index in [2.05, 4.69) is 26.1 Å². The lowest BCUT2D eigenvalue weighted by molar-refractivity contribution is -0.124. The fourth-order valence-corrected chi connectivity index (χ4v) is 2.35. The largest absolute Gasteiger partial charge is 0.375 e. The van der Waals surface area contributed by atoms with Gasteiger partial charge in [-0.15, -0.1) is 0 Å². The van der Waals surface area contributed by atoms with E-state index in [1.807, 2.05) is 0 Å². The molecule has 4 heteroatoms. The highest BCUT2D eigenvalue weighted by molar-refractivity contribution is 5.76. The maximum absolute atomic E-state index is 11.8. The van der Waals surface area contributed by atoms with Crippen LogP contribution < -0.4 is 11.1 Å². The van der Waals surface area contributed by atoms with E-state index in [4.69, 9.17) is 10.5 Å². The first-order valence-electron chi connectivity index (χ1n) is 6.62. The molecule has 0 aromatic heterocycles. The minimum atomic E-state index is -0.123. The molecule has 2 atom stereocenters. The van der Waals surface area contributed by atoms with E-state index in [0.29, 0.717) is 6.42 Å². The highest BCUT2D eigenvalue weighted by Gasteiger charge is 2.29. The second-order valence-corrected chi connectivity index (χ2v) is 5.62. The molecule has 0 radical (unpaired) electrons. The standard InChI is InChI=1S/C13H26N2O2/c1-4-5-10(14)8-12(16)15-11-6-7-17-13(2,3)9-11/h10-11H,4-9,14H2,1-3H3,(H,15,16). The topological polar surface area (TPSA) is 64.4 Å². The predicted molar refractivity (Wildman–Crippen MR) is 68.7 cm³/mol. The van der Waals surface area contributed by atoms with E-state index < -0.39 is 0 Å². The Bertz CT molecular complexity index is 254. The smallest absolute Gasteiger partial charge is 0.221 e. The van der Waals surface area contributed by atoms with Crippen molar-refractivity contribution in [3.8, 4) is 0 Å². The number of hydrogen-bond donors (Lipinski definition) is 2. The lowest BCUT2D eigenvalue weighted by atomic mass is 9.93. The average Bonchev–Trinajstić information content (AvgIpc) is 2.15. The summed E-state index contributed by atoms with van der Waals surface area (Å²) in [6.07, 6.45) is 4.15. The number of amides is 1. The average molecular weight is 242 g/mol. The monoisotopic (exact) mass is 242 g/mol. The summed E-state index contributed by atoms with van der Waals surface area (Å²) in [7, 11) is 0. The summed E-state index contributed by atoms with van der Waals surface area (Å²) >= 11 is 0. The van der Waals surface area contributed by atoms with E-state index in [1.54, 1.807) is 0 Å². The maximum Gasteiger partial charge on any atom is 0.221 e. The number of carbonyl (C=O) groups is 1. The third kappa shape index (κ3) is 5.50. The van der Waals surface area contributed by atoms with Gasteiger partial charge in [-0.3, -0.25) is 4.79 Å². The van der Waals surface area contributed by atoms with Crippen molar-refractivity contribution in [1.29, 1.82) is 0 Å². The van der Waals surface area contributed by atoms with Crippen molar-refractivity contribution >= 4 is 5.91 Å². The molecule has 1 fully saturated rings. The van der Waals surface area contributed by atoms with Crippen LogP contribution in [0.1, 0.15) is 52.9 Å². The number of rotatable bonds is 5. The number of hydrogen-bond acceptors (Lipinski definition) is 3. The fraction of sp³-hybridized carbons (Fsp3) is 0.923. The molecule has 17 heavy (non-hydrogen) atoms. The summed E-state index contributed by atoms with van der Waals surface area (Å²) in [5.74, 6) is 0.0775. The molecular formula is C13H26N2O2. The van der Waals surface area contributed by atoms with Gasteiger partial charge in [-0.25, -0.2) is 0 Å². The predicted octanol–water partition coefficient (Wildman–Crippen LogP) is 1.58. The van der Waals surface area contributed by atoms with Gasteiger partial charge in [0.2, 0.25) is 5.91 Å². The van der Waals surface area contributed by atoms with Gasteiger partial charge >= 0.3 is 0 Å². The van der Waals surface area contributed by atoms with E-state index in [1.165, 1.54) is 0 Å². The summed E-state index contributed by atoms with van der Waals surface area (Å²) in [4.78, 5) is 11.8. The normalized spacial score (nSPS) is 25.3. The first-order valence-corrected chi connectivity index (χ1v) is 6.62. The minimum absolute atomic E-state index is 0.00662. The van der Waals surface area contributed by atoms with Crippen LogP contribution in [0, 0.1) is 0 Å². The molecule has 2 unspecified atom stereocenters. The Balaban J connectivity index is 2.31. The first kappa shape index (κ1) is 14.5. The molecule has 0 aromatic carbocycles. The van der Waals surface area contributed by atoms with Gasteiger partial charge in [0.1, 0.15) is 0 Å². The molecule has 100 valence electrons. The molecule has 1 aliphatic rings. The van der Waals surface area contributed by atoms with Gasteiger partial charge < -0.3 is 15.8 Å². The highest BCUT2D eigenvalue weighted by atomic mass is 16.5. The molecule has 1 saturated heterocycles. The van der Waals surface area contributed by atoms with Crippen molar-refractivity contribution in [3.05, 3.63) is 0 Å². The Hall–Kier alpha value is -0.610. The van der Waals surface area contributed by atoms with E-state index >= 15 is 0 Å². The zero-order chi connectivity index (χ0) is 12.9. The van der Waals surface area contributed by atoms with Crippen LogP contribution in [0.3, 0.4) is 0 Å². The van der Waals surface area contributed by atoms with Crippen LogP contribution in [0.4, 0.5) is 0 Å². The molecule has 0 spiro atoms. The summed E-state index contributed by atoms with van der Waals surface area (Å²) in [6.45, 7) is 6.93. The van der Waals surface area contributed by atoms with Crippen molar-refractivity contribution < 1.29 is 9.53 Å². The number of nitrogens with two attached hydrogens (primary N) is 1. The SMILES string of the molecule is CCCC(N)CC(=O)NC1CCOC(C)(C)C1. The van der Waals surface area contributed by atoms with Crippen molar-refractivity contribution in [3.63, 3.8) is 0 Å². The van der Waals surface area contributed by atoms with Crippen molar-refractivity contribution in [1.82, 2.24) is 5.32 Å². The molecular weight excluding hydrogens is 216 g/mol. The second kappa shape index (κ2) is 6.36. The molecule has 1 rings (SSSR count). The van der Waals surface area contributed by atoms with Gasteiger partial charge in [-0.1, -0.05) is 13.3 Å². The Morgan fingerprint density at radius 1 is 1.59 bits per heavy atom. The van der Waals surface area contributed by atoms with E-state index in [9.17, 15) is 4.79 Å². The zero-order valence-electron chi connectivity index (χ0n) is 11.3. The van der Waals surface area contributed by atoms with E-state index in [-0.39, 0.29) is 23.6 Å². The molecule has 1 amide bonds. The summed E-state index contributed by atoms with van der Waals surface area (Å²) in [5.41, 5.74) is 5.73. The lowest BCUT2D eigenvalue weighted by Crippen LogP contribution is -2.46. The second-order valence-electron chi connectivity index (χ2n) is 5.62. The van der Waals surface area contributed by atoms with Gasteiger partial charge in [0, 0.05) is 25.1 Å². The van der Waals surface area contributed by atoms with E-state index in [0.717, 1.165) is 32.3 Å². The fourth-order valence-electron chi connectivity index (χ4n) is 2.35. The Kier molecular flexibility index (Phi) is 5.40. The van der Waals surface area contributed by atoms with Crippen molar-refractivity contribution in [2.24, 2.45) is 5.73 Å². The Morgan fingerprint density at radius 3 is 2.88 bits per heavy atom. The quantitative estimate of drug-likeness (QED) is 0.769. The molecule has 1 heterocycles. The number of carbonyl (C=O) groups excluding carboxylic acids is 1. The Labute approximate surface area is 104 Å². The molecule has 0 aromatic rings. The van der Waals surface area contributed by atoms with Crippen LogP contribution in [-0.4, -0.2) is 30.2 Å². The van der Waals surface area contributed by atoms with Crippen LogP contribution in [0.5, 0.6) is 0 Å². The van der Waals surface area contributed by atoms with Crippen molar-refractivity contribution in [2.75, 3.05) is 6.61 Å². The number of ether oxygens (including phenoxy) is 1. The van der Waals surface area contributed by atoms with Gasteiger partial charge in [-0.2, -0.15) is 0 Å². The van der Waals surface area contributed by atoms with Crippen molar-refractivity contribution in [2.45, 2.75) is 70.6 Å². The third-order valence-electron chi connectivity index (χ3n) is 3.17. The maximum atomic E-state index is 11.8. The summed E-state index contributed by atoms with van der Waals surface area (Å²) in [5, 5.41) is 3.06. The van der Waals surface area contributed by atoms with Gasteiger partial charge in [0.15, 0.2) is 0 Å². The zero-order valence-corrected chi connectivity index (χ0v) is 11.3. The molecule has 1 aliphatic heterocycles. The van der Waals surface area contributed by atoms with Gasteiger partial charge in [0.25, 0.3) is 0 Å². The third-order valence-corrected chi connectivity index (χ3v) is 3.17. The molecule has 3 N–H and O–H groups in total. The van der Waals surface area contributed by atoms with Crippen LogP contribution >= 0.6 is 0 Å². The molecule has 0 saturated carbocycles. The minimum Gasteiger partial charge on any atom is -0.375 e. The van der Waals surface area contributed by atoms with Crippen LogP contribution in [0.15, 0.2) is 0 Å².